The summed E-state index contributed by atoms with van der Waals surface area (Å²) in [5, 5.41) is 13.4. The molecular weight excluding hydrogens is 310 g/mol. The van der Waals surface area contributed by atoms with E-state index in [0.29, 0.717) is 17.4 Å². The molecule has 1 amide bonds. The summed E-state index contributed by atoms with van der Waals surface area (Å²) in [7, 11) is 0. The van der Waals surface area contributed by atoms with Gasteiger partial charge in [0.2, 0.25) is 0 Å². The molecule has 0 unspecified atom stereocenters. The first kappa shape index (κ1) is 14.7. The SMILES string of the molecule is O=C(O)c1csc(CNC(=O)c2ncoc2[C@@H]2CCCO2)n1. The van der Waals surface area contributed by atoms with E-state index in [1.165, 1.54) is 23.1 Å². The fraction of sp³-hybridized carbons (Fsp3) is 0.385. The maximum Gasteiger partial charge on any atom is 0.355 e. The topological polar surface area (TPSA) is 115 Å². The molecule has 0 radical (unpaired) electrons. The standard InChI is InChI=1S/C13H13N3O5S/c17-12(14-4-9-16-7(5-22-9)13(18)19)10-11(21-6-15-10)8-2-1-3-20-8/h5-6,8H,1-4H2,(H,14,17)(H,18,19)/t8-/m0/s1. The minimum Gasteiger partial charge on any atom is -0.476 e. The van der Waals surface area contributed by atoms with Crippen LogP contribution in [0.4, 0.5) is 0 Å². The van der Waals surface area contributed by atoms with Crippen LogP contribution < -0.4 is 5.32 Å². The molecule has 3 rings (SSSR count). The number of nitrogens with zero attached hydrogens (tertiary/aromatic N) is 2. The van der Waals surface area contributed by atoms with E-state index in [2.05, 4.69) is 15.3 Å². The molecule has 1 atom stereocenters. The van der Waals surface area contributed by atoms with Crippen LogP contribution in [0.5, 0.6) is 0 Å². The average Bonchev–Trinajstić information content (AvgIpc) is 3.23. The van der Waals surface area contributed by atoms with Crippen molar-refractivity contribution in [2.24, 2.45) is 0 Å². The Balaban J connectivity index is 1.64. The van der Waals surface area contributed by atoms with E-state index in [9.17, 15) is 9.59 Å². The van der Waals surface area contributed by atoms with Crippen LogP contribution in [-0.2, 0) is 11.3 Å². The Hall–Kier alpha value is -2.26. The molecule has 3 heterocycles. The van der Waals surface area contributed by atoms with Crippen LogP contribution in [0.2, 0.25) is 0 Å². The summed E-state index contributed by atoms with van der Waals surface area (Å²) in [6.07, 6.45) is 2.70. The van der Waals surface area contributed by atoms with Crippen molar-refractivity contribution in [1.29, 1.82) is 0 Å². The predicted octanol–water partition coefficient (Wildman–Crippen LogP) is 1.61. The molecule has 116 valence electrons. The highest BCUT2D eigenvalue weighted by Gasteiger charge is 2.27. The van der Waals surface area contributed by atoms with Crippen molar-refractivity contribution in [3.05, 3.63) is 33.9 Å². The lowest BCUT2D eigenvalue weighted by Gasteiger charge is -2.07. The lowest BCUT2D eigenvalue weighted by atomic mass is 10.1. The van der Waals surface area contributed by atoms with Gasteiger partial charge in [0, 0.05) is 12.0 Å². The lowest BCUT2D eigenvalue weighted by molar-refractivity contribution is 0.0691. The molecular formula is C13H13N3O5S. The fourth-order valence-electron chi connectivity index (χ4n) is 2.17. The Labute approximate surface area is 129 Å². The third kappa shape index (κ3) is 3.00. The zero-order valence-corrected chi connectivity index (χ0v) is 12.3. The third-order valence-electron chi connectivity index (χ3n) is 3.20. The van der Waals surface area contributed by atoms with Crippen molar-refractivity contribution in [2.75, 3.05) is 6.61 Å². The first-order chi connectivity index (χ1) is 10.6. The van der Waals surface area contributed by atoms with Crippen molar-refractivity contribution in [2.45, 2.75) is 25.5 Å². The molecule has 0 bridgehead atoms. The van der Waals surface area contributed by atoms with E-state index in [-0.39, 0.29) is 24.0 Å². The summed E-state index contributed by atoms with van der Waals surface area (Å²) in [4.78, 5) is 30.8. The molecule has 9 heteroatoms. The van der Waals surface area contributed by atoms with E-state index in [0.717, 1.165) is 12.8 Å². The molecule has 1 aliphatic heterocycles. The molecule has 2 N–H and O–H groups in total. The van der Waals surface area contributed by atoms with Crippen LogP contribution in [0, 0.1) is 0 Å². The number of carboxylic acids is 1. The Bertz CT molecular complexity index is 689. The summed E-state index contributed by atoms with van der Waals surface area (Å²) in [5.41, 5.74) is 0.164. The molecule has 8 nitrogen and oxygen atoms in total. The summed E-state index contributed by atoms with van der Waals surface area (Å²) >= 11 is 1.17. The summed E-state index contributed by atoms with van der Waals surface area (Å²) < 4.78 is 10.8. The number of nitrogens with one attached hydrogen (secondary N) is 1. The second-order valence-electron chi connectivity index (χ2n) is 4.68. The van der Waals surface area contributed by atoms with Gasteiger partial charge in [0.25, 0.3) is 5.91 Å². The van der Waals surface area contributed by atoms with Gasteiger partial charge in [-0.1, -0.05) is 0 Å². The number of carboxylic acid groups (broad SMARTS) is 1. The van der Waals surface area contributed by atoms with Crippen molar-refractivity contribution >= 4 is 23.2 Å². The molecule has 0 aliphatic carbocycles. The Morgan fingerprint density at radius 1 is 1.50 bits per heavy atom. The number of ether oxygens (including phenoxy) is 1. The van der Waals surface area contributed by atoms with Crippen LogP contribution in [0.1, 0.15) is 50.7 Å². The molecule has 1 aliphatic rings. The van der Waals surface area contributed by atoms with Crippen molar-refractivity contribution in [3.63, 3.8) is 0 Å². The molecule has 0 saturated carbocycles. The summed E-state index contributed by atoms with van der Waals surface area (Å²) in [5.74, 6) is -1.06. The van der Waals surface area contributed by atoms with Crippen LogP contribution >= 0.6 is 11.3 Å². The third-order valence-corrected chi connectivity index (χ3v) is 4.05. The van der Waals surface area contributed by atoms with E-state index in [4.69, 9.17) is 14.3 Å². The number of aromatic nitrogens is 2. The Morgan fingerprint density at radius 2 is 2.36 bits per heavy atom. The van der Waals surface area contributed by atoms with Crippen molar-refractivity contribution < 1.29 is 23.8 Å². The van der Waals surface area contributed by atoms with Crippen molar-refractivity contribution in [3.8, 4) is 0 Å². The van der Waals surface area contributed by atoms with Gasteiger partial charge in [0.05, 0.1) is 6.54 Å². The second kappa shape index (κ2) is 6.24. The van der Waals surface area contributed by atoms with E-state index in [1.807, 2.05) is 0 Å². The molecule has 22 heavy (non-hydrogen) atoms. The number of oxazole rings is 1. The number of hydrogen-bond acceptors (Lipinski definition) is 7. The molecule has 0 aromatic carbocycles. The number of hydrogen-bond donors (Lipinski definition) is 2. The molecule has 2 aromatic heterocycles. The van der Waals surface area contributed by atoms with Gasteiger partial charge in [-0.15, -0.1) is 11.3 Å². The van der Waals surface area contributed by atoms with Gasteiger partial charge in [-0.3, -0.25) is 4.79 Å². The normalized spacial score (nSPS) is 17.5. The fourth-order valence-corrected chi connectivity index (χ4v) is 2.88. The number of carbonyl (C=O) groups excluding carboxylic acids is 1. The largest absolute Gasteiger partial charge is 0.476 e. The predicted molar refractivity (Wildman–Crippen MR) is 74.7 cm³/mol. The van der Waals surface area contributed by atoms with Crippen LogP contribution in [0.15, 0.2) is 16.2 Å². The van der Waals surface area contributed by atoms with Gasteiger partial charge >= 0.3 is 5.97 Å². The number of thiazole rings is 1. The lowest BCUT2D eigenvalue weighted by Crippen LogP contribution is -2.24. The minimum atomic E-state index is -1.09. The summed E-state index contributed by atoms with van der Waals surface area (Å²) in [6.45, 7) is 0.776. The molecule has 1 saturated heterocycles. The van der Waals surface area contributed by atoms with E-state index in [1.54, 1.807) is 0 Å². The minimum absolute atomic E-state index is 0.0317. The maximum atomic E-state index is 12.2. The van der Waals surface area contributed by atoms with Gasteiger partial charge in [0.1, 0.15) is 11.1 Å². The molecule has 1 fully saturated rings. The van der Waals surface area contributed by atoms with Crippen LogP contribution in [-0.4, -0.2) is 33.6 Å². The smallest absolute Gasteiger partial charge is 0.355 e. The number of rotatable bonds is 5. The number of aromatic carboxylic acids is 1. The second-order valence-corrected chi connectivity index (χ2v) is 5.62. The highest BCUT2D eigenvalue weighted by molar-refractivity contribution is 7.09. The van der Waals surface area contributed by atoms with Gasteiger partial charge in [-0.05, 0) is 12.8 Å². The van der Waals surface area contributed by atoms with Crippen LogP contribution in [0.25, 0.3) is 0 Å². The van der Waals surface area contributed by atoms with Crippen molar-refractivity contribution in [1.82, 2.24) is 15.3 Å². The quantitative estimate of drug-likeness (QED) is 0.859. The average molecular weight is 323 g/mol. The monoisotopic (exact) mass is 323 g/mol. The zero-order valence-electron chi connectivity index (χ0n) is 11.4. The Kier molecular flexibility index (Phi) is 4.16. The number of amides is 1. The van der Waals surface area contributed by atoms with E-state index < -0.39 is 11.9 Å². The molecule has 2 aromatic rings. The van der Waals surface area contributed by atoms with Crippen LogP contribution in [0.3, 0.4) is 0 Å². The van der Waals surface area contributed by atoms with Gasteiger partial charge in [-0.25, -0.2) is 14.8 Å². The van der Waals surface area contributed by atoms with Gasteiger partial charge < -0.3 is 19.6 Å². The first-order valence-electron chi connectivity index (χ1n) is 6.66. The summed E-state index contributed by atoms with van der Waals surface area (Å²) in [6, 6.07) is 0. The van der Waals surface area contributed by atoms with Gasteiger partial charge in [0.15, 0.2) is 23.5 Å². The van der Waals surface area contributed by atoms with Gasteiger partial charge in [-0.2, -0.15) is 0 Å². The highest BCUT2D eigenvalue weighted by atomic mass is 32.1. The highest BCUT2D eigenvalue weighted by Crippen LogP contribution is 2.30. The molecule has 0 spiro atoms. The first-order valence-corrected chi connectivity index (χ1v) is 7.54. The Morgan fingerprint density at radius 3 is 3.05 bits per heavy atom. The van der Waals surface area contributed by atoms with E-state index >= 15 is 0 Å². The zero-order chi connectivity index (χ0) is 15.5. The number of carbonyl (C=O) groups is 2. The maximum absolute atomic E-state index is 12.2.